The third-order valence-corrected chi connectivity index (χ3v) is 6.97. The molecule has 0 atom stereocenters. The largest absolute Gasteiger partial charge is 0.205 e. The molecule has 1 aromatic rings. The Kier molecular flexibility index (Phi) is 7.83. The highest BCUT2D eigenvalue weighted by Crippen LogP contribution is 2.42. The van der Waals surface area contributed by atoms with E-state index >= 15 is 0 Å². The number of allylic oxidation sites excluding steroid dienone is 2. The standard InChI is InChI=1S/C25H32ClF/c1-2-5-19-8-13-22(14-9-19)23-15-10-20(11-16-23)6-3-4-7-21-12-17-24(26)25(27)18-21/h3,6,12,17-20,22-23H,2,5,8-11,13-16H2,1H3/b6-3+. The topological polar surface area (TPSA) is 0 Å². The molecule has 0 spiro atoms. The fourth-order valence-corrected chi connectivity index (χ4v) is 5.17. The molecule has 2 aliphatic rings. The molecule has 1 aromatic carbocycles. The number of benzene rings is 1. The van der Waals surface area contributed by atoms with Crippen LogP contribution in [0.2, 0.25) is 5.02 Å². The minimum atomic E-state index is -0.408. The van der Waals surface area contributed by atoms with Crippen molar-refractivity contribution in [3.63, 3.8) is 0 Å². The Morgan fingerprint density at radius 3 is 2.33 bits per heavy atom. The minimum Gasteiger partial charge on any atom is -0.205 e. The first-order chi connectivity index (χ1) is 13.2. The van der Waals surface area contributed by atoms with E-state index in [1.54, 1.807) is 12.1 Å². The Balaban J connectivity index is 1.41. The maximum Gasteiger partial charge on any atom is 0.143 e. The first-order valence-electron chi connectivity index (χ1n) is 10.8. The van der Waals surface area contributed by atoms with Gasteiger partial charge in [-0.2, -0.15) is 0 Å². The Morgan fingerprint density at radius 2 is 1.70 bits per heavy atom. The predicted molar refractivity (Wildman–Crippen MR) is 113 cm³/mol. The summed E-state index contributed by atoms with van der Waals surface area (Å²) < 4.78 is 13.4. The van der Waals surface area contributed by atoms with Crippen LogP contribution in [0, 0.1) is 41.3 Å². The van der Waals surface area contributed by atoms with Crippen molar-refractivity contribution < 1.29 is 4.39 Å². The molecule has 2 heteroatoms. The number of rotatable bonds is 4. The lowest BCUT2D eigenvalue weighted by atomic mass is 9.69. The van der Waals surface area contributed by atoms with Crippen LogP contribution in [0.25, 0.3) is 0 Å². The molecule has 3 rings (SSSR count). The molecule has 0 saturated heterocycles. The van der Waals surface area contributed by atoms with E-state index in [4.69, 9.17) is 11.6 Å². The zero-order valence-corrected chi connectivity index (χ0v) is 17.3. The number of hydrogen-bond acceptors (Lipinski definition) is 0. The van der Waals surface area contributed by atoms with E-state index in [2.05, 4.69) is 24.8 Å². The quantitative estimate of drug-likeness (QED) is 0.463. The molecule has 27 heavy (non-hydrogen) atoms. The van der Waals surface area contributed by atoms with Crippen molar-refractivity contribution in [2.24, 2.45) is 23.7 Å². The van der Waals surface area contributed by atoms with Crippen molar-refractivity contribution in [1.29, 1.82) is 0 Å². The van der Waals surface area contributed by atoms with E-state index in [1.807, 2.05) is 6.08 Å². The highest BCUT2D eigenvalue weighted by molar-refractivity contribution is 6.30. The summed E-state index contributed by atoms with van der Waals surface area (Å²) in [5.74, 6) is 9.25. The summed E-state index contributed by atoms with van der Waals surface area (Å²) in [5, 5.41) is 0.145. The SMILES string of the molecule is CCCC1CCC(C2CCC(/C=C/C#Cc3ccc(Cl)c(F)c3)CC2)CC1. The maximum atomic E-state index is 13.4. The smallest absolute Gasteiger partial charge is 0.143 e. The van der Waals surface area contributed by atoms with Crippen LogP contribution >= 0.6 is 11.6 Å². The van der Waals surface area contributed by atoms with Gasteiger partial charge in [0.2, 0.25) is 0 Å². The van der Waals surface area contributed by atoms with Gasteiger partial charge in [-0.3, -0.25) is 0 Å². The third-order valence-electron chi connectivity index (χ3n) is 6.66. The van der Waals surface area contributed by atoms with E-state index in [1.165, 1.54) is 70.3 Å². The fourth-order valence-electron chi connectivity index (χ4n) is 5.05. The van der Waals surface area contributed by atoms with Gasteiger partial charge >= 0.3 is 0 Å². The second-order valence-corrected chi connectivity index (χ2v) is 8.91. The fraction of sp³-hybridized carbons (Fsp3) is 0.600. The molecule has 2 aliphatic carbocycles. The van der Waals surface area contributed by atoms with E-state index in [-0.39, 0.29) is 5.02 Å². The highest BCUT2D eigenvalue weighted by atomic mass is 35.5. The molecule has 0 bridgehead atoms. The van der Waals surface area contributed by atoms with Crippen LogP contribution in [0.5, 0.6) is 0 Å². The van der Waals surface area contributed by atoms with E-state index in [0.29, 0.717) is 11.5 Å². The highest BCUT2D eigenvalue weighted by Gasteiger charge is 2.29. The molecule has 0 nitrogen and oxygen atoms in total. The van der Waals surface area contributed by atoms with Gasteiger partial charge in [-0.25, -0.2) is 4.39 Å². The van der Waals surface area contributed by atoms with Gasteiger partial charge in [0.15, 0.2) is 0 Å². The van der Waals surface area contributed by atoms with Crippen LogP contribution in [-0.2, 0) is 0 Å². The maximum absolute atomic E-state index is 13.4. The summed E-state index contributed by atoms with van der Waals surface area (Å²) in [4.78, 5) is 0. The normalized spacial score (nSPS) is 28.7. The van der Waals surface area contributed by atoms with Crippen molar-refractivity contribution in [3.8, 4) is 11.8 Å². The summed E-state index contributed by atoms with van der Waals surface area (Å²) in [5.41, 5.74) is 0.670. The molecular formula is C25H32ClF. The van der Waals surface area contributed by atoms with Crippen molar-refractivity contribution in [3.05, 3.63) is 46.8 Å². The lowest BCUT2D eigenvalue weighted by molar-refractivity contribution is 0.152. The number of halogens is 2. The van der Waals surface area contributed by atoms with Gasteiger partial charge in [0, 0.05) is 5.56 Å². The first kappa shape index (κ1) is 20.5. The summed E-state index contributed by atoms with van der Waals surface area (Å²) in [6, 6.07) is 4.71. The molecule has 2 fully saturated rings. The van der Waals surface area contributed by atoms with Crippen LogP contribution in [0.3, 0.4) is 0 Å². The summed E-state index contributed by atoms with van der Waals surface area (Å²) >= 11 is 5.70. The van der Waals surface area contributed by atoms with Crippen LogP contribution in [0.15, 0.2) is 30.4 Å². The Morgan fingerprint density at radius 1 is 1.04 bits per heavy atom. The van der Waals surface area contributed by atoms with Crippen molar-refractivity contribution in [1.82, 2.24) is 0 Å². The van der Waals surface area contributed by atoms with Crippen molar-refractivity contribution >= 4 is 11.6 Å². The lowest BCUT2D eigenvalue weighted by Crippen LogP contribution is -2.25. The minimum absolute atomic E-state index is 0.145. The summed E-state index contributed by atoms with van der Waals surface area (Å²) in [6.07, 6.45) is 18.2. The summed E-state index contributed by atoms with van der Waals surface area (Å²) in [7, 11) is 0. The average Bonchev–Trinajstić information content (AvgIpc) is 2.69. The predicted octanol–water partition coefficient (Wildman–Crippen LogP) is 7.80. The molecule has 0 heterocycles. The van der Waals surface area contributed by atoms with E-state index in [9.17, 15) is 4.39 Å². The van der Waals surface area contributed by atoms with Crippen molar-refractivity contribution in [2.75, 3.05) is 0 Å². The van der Waals surface area contributed by atoms with Crippen molar-refractivity contribution in [2.45, 2.75) is 71.1 Å². The van der Waals surface area contributed by atoms with Crippen LogP contribution in [0.4, 0.5) is 4.39 Å². The van der Waals surface area contributed by atoms with Gasteiger partial charge < -0.3 is 0 Å². The molecule has 0 radical (unpaired) electrons. The molecule has 0 aliphatic heterocycles. The van der Waals surface area contributed by atoms with Gasteiger partial charge in [-0.1, -0.05) is 62.1 Å². The van der Waals surface area contributed by atoms with E-state index in [0.717, 1.165) is 17.8 Å². The zero-order valence-electron chi connectivity index (χ0n) is 16.5. The average molecular weight is 387 g/mol. The molecule has 2 saturated carbocycles. The van der Waals surface area contributed by atoms with Gasteiger partial charge in [-0.15, -0.1) is 0 Å². The monoisotopic (exact) mass is 386 g/mol. The van der Waals surface area contributed by atoms with Crippen LogP contribution in [0.1, 0.15) is 76.7 Å². The molecule has 146 valence electrons. The molecular weight excluding hydrogens is 355 g/mol. The Labute approximate surface area is 169 Å². The van der Waals surface area contributed by atoms with Gasteiger partial charge in [-0.05, 0) is 86.5 Å². The Bertz CT molecular complexity index is 680. The van der Waals surface area contributed by atoms with E-state index < -0.39 is 5.82 Å². The number of hydrogen-bond donors (Lipinski definition) is 0. The second-order valence-electron chi connectivity index (χ2n) is 8.50. The van der Waals surface area contributed by atoms with Crippen LogP contribution in [-0.4, -0.2) is 0 Å². The Hall–Kier alpha value is -1.26. The van der Waals surface area contributed by atoms with Gasteiger partial charge in [0.25, 0.3) is 0 Å². The molecule has 0 aromatic heterocycles. The first-order valence-corrected chi connectivity index (χ1v) is 11.2. The molecule has 0 unspecified atom stereocenters. The lowest BCUT2D eigenvalue weighted by Gasteiger charge is -2.37. The summed E-state index contributed by atoms with van der Waals surface area (Å²) in [6.45, 7) is 2.32. The molecule has 0 N–H and O–H groups in total. The third kappa shape index (κ3) is 6.11. The zero-order chi connectivity index (χ0) is 19.1. The van der Waals surface area contributed by atoms with Gasteiger partial charge in [0.05, 0.1) is 5.02 Å². The molecule has 0 amide bonds. The van der Waals surface area contributed by atoms with Crippen LogP contribution < -0.4 is 0 Å². The second kappa shape index (κ2) is 10.3. The van der Waals surface area contributed by atoms with Gasteiger partial charge in [0.1, 0.15) is 5.82 Å².